The summed E-state index contributed by atoms with van der Waals surface area (Å²) in [7, 11) is -2.47. The third kappa shape index (κ3) is 7.28. The molecule has 0 N–H and O–H groups in total. The number of nitrogens with zero attached hydrogens (tertiary/aromatic N) is 4. The van der Waals surface area contributed by atoms with Crippen LogP contribution in [0.25, 0.3) is 33.1 Å². The third-order valence-electron chi connectivity index (χ3n) is 8.55. The Morgan fingerprint density at radius 1 is 0.725 bits per heavy atom. The SMILES string of the molecule is C/C=C/c1ccc(-c2nnc(-c3ccc(C(C=C4COCC4=CCC)=C([C]#[Os])[P+](c4ccccc4)(c4ccccc4)c4ccccc4)s3)nn2)s1. The van der Waals surface area contributed by atoms with Crippen LogP contribution in [0.1, 0.15) is 30.0 Å². The van der Waals surface area contributed by atoms with Crippen molar-refractivity contribution in [3.63, 3.8) is 0 Å². The van der Waals surface area contributed by atoms with Crippen LogP contribution < -0.4 is 15.9 Å². The molecule has 0 saturated carbocycles. The summed E-state index contributed by atoms with van der Waals surface area (Å²) < 4.78 is 9.89. The Morgan fingerprint density at radius 3 is 1.78 bits per heavy atom. The number of thiophene rings is 2. The van der Waals surface area contributed by atoms with Crippen molar-refractivity contribution in [3.05, 3.63) is 160 Å². The van der Waals surface area contributed by atoms with Gasteiger partial charge in [-0.15, -0.1) is 0 Å². The van der Waals surface area contributed by atoms with Crippen molar-refractivity contribution in [2.24, 2.45) is 0 Å². The Kier molecular flexibility index (Phi) is 11.3. The summed E-state index contributed by atoms with van der Waals surface area (Å²) in [5, 5.41) is 23.1. The molecule has 1 aliphatic heterocycles. The first kappa shape index (κ1) is 35.2. The standard InChI is InChI=1S/C42H35N4OPS2.Os/c1-4-15-31-28-47-29-32(31)27-37(38-25-26-40(50-38)42-45-43-41(44-46-42)39-24-23-36(49-39)16-5-2)30(3)48(33-17-9-6-10-18-33,34-19-11-7-12-20-34)35-21-13-8-14-22-35;/h5-27H,4,28-29H2,1-2H3;/q+1;/b16-5+,31-15?,32-27?,37-30?;. The monoisotopic (exact) mass is 898 g/mol. The molecule has 0 bridgehead atoms. The van der Waals surface area contributed by atoms with Crippen LogP contribution in [0.15, 0.2) is 150 Å². The summed E-state index contributed by atoms with van der Waals surface area (Å²) in [6, 6.07) is 41.2. The molecule has 4 heterocycles. The van der Waals surface area contributed by atoms with E-state index in [0.29, 0.717) is 24.9 Å². The van der Waals surface area contributed by atoms with Crippen LogP contribution in [0, 0.1) is 4.37 Å². The van der Waals surface area contributed by atoms with Gasteiger partial charge in [-0.25, -0.2) is 0 Å². The van der Waals surface area contributed by atoms with E-state index in [1.807, 2.05) is 19.1 Å². The van der Waals surface area contributed by atoms with Crippen molar-refractivity contribution in [2.75, 3.05) is 13.2 Å². The number of ether oxygens (including phenoxy) is 1. The minimum atomic E-state index is -2.47. The number of benzene rings is 3. The van der Waals surface area contributed by atoms with E-state index in [0.717, 1.165) is 31.5 Å². The number of hydrogen-bond donors (Lipinski definition) is 0. The maximum absolute atomic E-state index is 6.04. The molecule has 51 heavy (non-hydrogen) atoms. The van der Waals surface area contributed by atoms with Gasteiger partial charge in [-0.05, 0) is 19.1 Å². The van der Waals surface area contributed by atoms with Gasteiger partial charge in [0.25, 0.3) is 0 Å². The van der Waals surface area contributed by atoms with Crippen molar-refractivity contribution in [2.45, 2.75) is 20.3 Å². The second kappa shape index (κ2) is 16.4. The van der Waals surface area contributed by atoms with Gasteiger partial charge in [-0.3, -0.25) is 0 Å². The number of hydrogen-bond acceptors (Lipinski definition) is 7. The predicted octanol–water partition coefficient (Wildman–Crippen LogP) is 9.26. The second-order valence-electron chi connectivity index (χ2n) is 11.7. The molecule has 0 atom stereocenters. The molecule has 6 aromatic rings. The van der Waals surface area contributed by atoms with Gasteiger partial charge in [0.2, 0.25) is 0 Å². The fourth-order valence-electron chi connectivity index (χ4n) is 6.29. The Morgan fingerprint density at radius 2 is 1.25 bits per heavy atom. The second-order valence-corrected chi connectivity index (χ2v) is 17.9. The summed E-state index contributed by atoms with van der Waals surface area (Å²) >= 11 is 5.07. The van der Waals surface area contributed by atoms with Crippen molar-refractivity contribution in [1.82, 2.24) is 20.4 Å². The molecule has 3 aromatic heterocycles. The van der Waals surface area contributed by atoms with Crippen LogP contribution in [-0.4, -0.2) is 33.6 Å². The molecule has 0 radical (unpaired) electrons. The van der Waals surface area contributed by atoms with Crippen LogP contribution in [0.3, 0.4) is 0 Å². The Hall–Kier alpha value is -4.23. The van der Waals surface area contributed by atoms with Gasteiger partial charge in [-0.2, -0.15) is 0 Å². The topological polar surface area (TPSA) is 60.8 Å². The average molecular weight is 897 g/mol. The number of rotatable bonds is 10. The molecule has 1 saturated heterocycles. The van der Waals surface area contributed by atoms with Gasteiger partial charge < -0.3 is 0 Å². The Balaban J connectivity index is 1.45. The van der Waals surface area contributed by atoms with Gasteiger partial charge in [0.05, 0.1) is 0 Å². The zero-order valence-electron chi connectivity index (χ0n) is 28.2. The van der Waals surface area contributed by atoms with E-state index in [4.69, 9.17) is 4.74 Å². The van der Waals surface area contributed by atoms with Crippen molar-refractivity contribution >= 4 is 57.5 Å². The predicted molar refractivity (Wildman–Crippen MR) is 212 cm³/mol. The zero-order chi connectivity index (χ0) is 35.0. The summed E-state index contributed by atoms with van der Waals surface area (Å²) in [6.45, 7) is 5.37. The van der Waals surface area contributed by atoms with Gasteiger partial charge in [0.1, 0.15) is 0 Å². The zero-order valence-corrected chi connectivity index (χ0v) is 33.3. The van der Waals surface area contributed by atoms with Crippen LogP contribution in [0.2, 0.25) is 0 Å². The van der Waals surface area contributed by atoms with Crippen molar-refractivity contribution < 1.29 is 22.7 Å². The third-order valence-corrected chi connectivity index (χ3v) is 16.1. The number of aromatic nitrogens is 4. The summed E-state index contributed by atoms with van der Waals surface area (Å²) in [5.74, 6) is 1.03. The number of allylic oxidation sites excluding steroid dienone is 5. The first-order valence-corrected chi connectivity index (χ1v) is 21.4. The first-order valence-electron chi connectivity index (χ1n) is 16.7. The molecule has 9 heteroatoms. The first-order chi connectivity index (χ1) is 25.1. The van der Waals surface area contributed by atoms with Gasteiger partial charge in [0, 0.05) is 4.88 Å². The average Bonchev–Trinajstić information content (AvgIpc) is 3.97. The molecule has 5 nitrogen and oxygen atoms in total. The fraction of sp³-hybridized carbons (Fsp3) is 0.119. The van der Waals surface area contributed by atoms with E-state index in [9.17, 15) is 0 Å². The summed E-state index contributed by atoms with van der Waals surface area (Å²) in [4.78, 5) is 4.09. The molecule has 7 rings (SSSR count). The van der Waals surface area contributed by atoms with Gasteiger partial charge >= 0.3 is 290 Å². The fourth-order valence-corrected chi connectivity index (χ4v) is 14.0. The molecule has 0 unspecified atom stereocenters. The van der Waals surface area contributed by atoms with E-state index in [-0.39, 0.29) is 0 Å². The van der Waals surface area contributed by atoms with E-state index in [1.165, 1.54) is 32.4 Å². The van der Waals surface area contributed by atoms with E-state index >= 15 is 0 Å². The Bertz CT molecular complexity index is 2190. The molecule has 0 aliphatic carbocycles. The van der Waals surface area contributed by atoms with Gasteiger partial charge in [0.15, 0.2) is 0 Å². The summed E-state index contributed by atoms with van der Waals surface area (Å²) in [6.07, 6.45) is 9.68. The van der Waals surface area contributed by atoms with Crippen molar-refractivity contribution in [1.29, 1.82) is 0 Å². The van der Waals surface area contributed by atoms with Crippen LogP contribution in [0.4, 0.5) is 0 Å². The van der Waals surface area contributed by atoms with Crippen LogP contribution in [0.5, 0.6) is 0 Å². The quantitative estimate of drug-likeness (QED) is 0.129. The summed E-state index contributed by atoms with van der Waals surface area (Å²) in [5.41, 5.74) is 3.56. The molecule has 0 amide bonds. The van der Waals surface area contributed by atoms with E-state index in [2.05, 4.69) is 159 Å². The minimum absolute atomic E-state index is 0.506. The maximum atomic E-state index is 6.04. The van der Waals surface area contributed by atoms with Crippen LogP contribution in [-0.2, 0) is 22.7 Å². The van der Waals surface area contributed by atoms with Gasteiger partial charge in [-0.1, -0.05) is 6.08 Å². The van der Waals surface area contributed by atoms with E-state index in [1.54, 1.807) is 40.6 Å². The molecule has 253 valence electrons. The van der Waals surface area contributed by atoms with Crippen LogP contribution >= 0.6 is 29.9 Å². The van der Waals surface area contributed by atoms with E-state index < -0.39 is 7.26 Å². The molecule has 0 spiro atoms. The normalized spacial score (nSPS) is 15.4. The van der Waals surface area contributed by atoms with Crippen molar-refractivity contribution in [3.8, 4) is 25.8 Å². The molecule has 1 fully saturated rings. The molecule has 1 aliphatic rings. The molecular weight excluding hydrogens is 862 g/mol. The Labute approximate surface area is 317 Å². The molecule has 3 aromatic carbocycles. The molecular formula is C42H35N4OOsPS2+.